The van der Waals surface area contributed by atoms with Crippen LogP contribution in [0.4, 0.5) is 14.5 Å². The van der Waals surface area contributed by atoms with Gasteiger partial charge in [0.2, 0.25) is 5.91 Å². The van der Waals surface area contributed by atoms with Crippen molar-refractivity contribution in [3.8, 4) is 5.75 Å². The molecule has 0 heterocycles. The summed E-state index contributed by atoms with van der Waals surface area (Å²) in [5.41, 5.74) is 1.59. The summed E-state index contributed by atoms with van der Waals surface area (Å²) in [6, 6.07) is 16.4. The van der Waals surface area contributed by atoms with E-state index in [4.69, 9.17) is 0 Å². The third kappa shape index (κ3) is 7.48. The predicted octanol–water partition coefficient (Wildman–Crippen LogP) is 4.33. The average Bonchev–Trinajstić information content (AvgIpc) is 2.67. The van der Waals surface area contributed by atoms with Crippen LogP contribution in [0.2, 0.25) is 0 Å². The van der Waals surface area contributed by atoms with Crippen LogP contribution in [0.3, 0.4) is 0 Å². The molecule has 4 nitrogen and oxygen atoms in total. The molecule has 2 rings (SSSR count). The quantitative estimate of drug-likeness (QED) is 0.497. The summed E-state index contributed by atoms with van der Waals surface area (Å²) in [5, 5.41) is 2.79. The fraction of sp³-hybridized carbons (Fsp3) is 0.286. The number of benzene rings is 2. The molecule has 1 N–H and O–H groups in total. The van der Waals surface area contributed by atoms with Crippen molar-refractivity contribution in [2.45, 2.75) is 19.5 Å². The van der Waals surface area contributed by atoms with Gasteiger partial charge in [0.1, 0.15) is 5.75 Å². The highest BCUT2D eigenvalue weighted by atomic mass is 19.3. The van der Waals surface area contributed by atoms with Crippen molar-refractivity contribution in [1.82, 2.24) is 5.32 Å². The standard InChI is InChI=1S/C21H24F2N2O2/c1-25(18-10-3-2-4-11-18)16-8-7-15-24-20(26)14-13-17-9-5-6-12-19(17)27-21(22)23/h2-6,9-14,21H,7-8,15-16H2,1H3,(H,24,26)/b14-13+. The van der Waals surface area contributed by atoms with E-state index in [1.54, 1.807) is 18.2 Å². The Morgan fingerprint density at radius 1 is 1.11 bits per heavy atom. The Bertz CT molecular complexity index is 736. The number of amides is 1. The molecule has 0 saturated carbocycles. The van der Waals surface area contributed by atoms with Crippen LogP contribution >= 0.6 is 0 Å². The van der Waals surface area contributed by atoms with Crippen LogP contribution in [0.15, 0.2) is 60.7 Å². The van der Waals surface area contributed by atoms with Crippen LogP contribution in [0.5, 0.6) is 5.75 Å². The van der Waals surface area contributed by atoms with Gasteiger partial charge < -0.3 is 15.0 Å². The van der Waals surface area contributed by atoms with Gasteiger partial charge >= 0.3 is 6.61 Å². The fourth-order valence-electron chi connectivity index (χ4n) is 2.54. The summed E-state index contributed by atoms with van der Waals surface area (Å²) in [6.45, 7) is -1.45. The van der Waals surface area contributed by atoms with Gasteiger partial charge in [-0.1, -0.05) is 36.4 Å². The minimum absolute atomic E-state index is 0.0421. The number of hydrogen-bond donors (Lipinski definition) is 1. The van der Waals surface area contributed by atoms with Crippen LogP contribution in [0, 0.1) is 0 Å². The summed E-state index contributed by atoms with van der Waals surface area (Å²) >= 11 is 0. The lowest BCUT2D eigenvalue weighted by Gasteiger charge is -2.18. The molecular weight excluding hydrogens is 350 g/mol. The van der Waals surface area contributed by atoms with Gasteiger partial charge in [0.25, 0.3) is 0 Å². The minimum Gasteiger partial charge on any atom is -0.434 e. The van der Waals surface area contributed by atoms with Crippen molar-refractivity contribution in [1.29, 1.82) is 0 Å². The maximum Gasteiger partial charge on any atom is 0.387 e. The second kappa shape index (κ2) is 11.0. The second-order valence-electron chi connectivity index (χ2n) is 6.00. The number of nitrogens with zero attached hydrogens (tertiary/aromatic N) is 1. The number of hydrogen-bond acceptors (Lipinski definition) is 3. The van der Waals surface area contributed by atoms with Gasteiger partial charge in [-0.2, -0.15) is 8.78 Å². The number of nitrogens with one attached hydrogen (secondary N) is 1. The van der Waals surface area contributed by atoms with E-state index < -0.39 is 6.61 Å². The van der Waals surface area contributed by atoms with E-state index >= 15 is 0 Å². The lowest BCUT2D eigenvalue weighted by molar-refractivity contribution is -0.116. The largest absolute Gasteiger partial charge is 0.434 e. The molecule has 2 aromatic carbocycles. The third-order valence-corrected chi connectivity index (χ3v) is 3.97. The van der Waals surface area contributed by atoms with Gasteiger partial charge in [-0.25, -0.2) is 0 Å². The normalized spacial score (nSPS) is 11.0. The van der Waals surface area contributed by atoms with Gasteiger partial charge in [0, 0.05) is 37.5 Å². The zero-order chi connectivity index (χ0) is 19.5. The zero-order valence-electron chi connectivity index (χ0n) is 15.3. The number of anilines is 1. The molecule has 2 aromatic rings. The molecule has 0 aliphatic rings. The molecule has 0 bridgehead atoms. The molecule has 0 aliphatic heterocycles. The van der Waals surface area contributed by atoms with Crippen LogP contribution in [0.25, 0.3) is 6.08 Å². The smallest absolute Gasteiger partial charge is 0.387 e. The van der Waals surface area contributed by atoms with E-state index in [9.17, 15) is 13.6 Å². The lowest BCUT2D eigenvalue weighted by atomic mass is 10.2. The van der Waals surface area contributed by atoms with E-state index in [1.807, 2.05) is 25.2 Å². The first-order chi connectivity index (χ1) is 13.1. The minimum atomic E-state index is -2.90. The molecule has 0 fully saturated rings. The Labute approximate surface area is 158 Å². The predicted molar refractivity (Wildman–Crippen MR) is 104 cm³/mol. The SMILES string of the molecule is CN(CCCCNC(=O)/C=C/c1ccccc1OC(F)F)c1ccccc1. The molecule has 0 aliphatic carbocycles. The number of halogens is 2. The first-order valence-corrected chi connectivity index (χ1v) is 8.82. The fourth-order valence-corrected chi connectivity index (χ4v) is 2.54. The molecule has 0 radical (unpaired) electrons. The van der Waals surface area contributed by atoms with Crippen molar-refractivity contribution in [3.05, 3.63) is 66.2 Å². The van der Waals surface area contributed by atoms with Crippen molar-refractivity contribution < 1.29 is 18.3 Å². The maximum atomic E-state index is 12.4. The molecule has 0 atom stereocenters. The molecule has 144 valence electrons. The van der Waals surface area contributed by atoms with Crippen molar-refractivity contribution in [2.75, 3.05) is 25.0 Å². The highest BCUT2D eigenvalue weighted by molar-refractivity contribution is 5.92. The molecule has 27 heavy (non-hydrogen) atoms. The van der Waals surface area contributed by atoms with E-state index in [0.29, 0.717) is 12.1 Å². The highest BCUT2D eigenvalue weighted by Gasteiger charge is 2.07. The number of carbonyl (C=O) groups is 1. The van der Waals surface area contributed by atoms with E-state index in [1.165, 1.54) is 18.2 Å². The van der Waals surface area contributed by atoms with Gasteiger partial charge in [0.15, 0.2) is 0 Å². The summed E-state index contributed by atoms with van der Waals surface area (Å²) < 4.78 is 29.2. The number of unbranched alkanes of at least 4 members (excludes halogenated alkanes) is 1. The van der Waals surface area contributed by atoms with Gasteiger partial charge in [-0.05, 0) is 37.1 Å². The Balaban J connectivity index is 1.70. The van der Waals surface area contributed by atoms with Crippen molar-refractivity contribution >= 4 is 17.7 Å². The lowest BCUT2D eigenvalue weighted by Crippen LogP contribution is -2.24. The molecular formula is C21H24F2N2O2. The van der Waals surface area contributed by atoms with Crippen molar-refractivity contribution in [3.63, 3.8) is 0 Å². The number of ether oxygens (including phenoxy) is 1. The Morgan fingerprint density at radius 2 is 1.81 bits per heavy atom. The van der Waals surface area contributed by atoms with Crippen LogP contribution in [-0.4, -0.2) is 32.7 Å². The molecule has 6 heteroatoms. The average molecular weight is 374 g/mol. The van der Waals surface area contributed by atoms with Crippen LogP contribution < -0.4 is 15.0 Å². The summed E-state index contributed by atoms with van der Waals surface area (Å²) in [5.74, 6) is -0.223. The Hall–Kier alpha value is -2.89. The van der Waals surface area contributed by atoms with Crippen molar-refractivity contribution in [2.24, 2.45) is 0 Å². The Morgan fingerprint density at radius 3 is 2.56 bits per heavy atom. The molecule has 0 spiro atoms. The second-order valence-corrected chi connectivity index (χ2v) is 6.00. The topological polar surface area (TPSA) is 41.6 Å². The van der Waals surface area contributed by atoms with Gasteiger partial charge in [-0.15, -0.1) is 0 Å². The highest BCUT2D eigenvalue weighted by Crippen LogP contribution is 2.21. The first kappa shape index (κ1) is 20.4. The summed E-state index contributed by atoms with van der Waals surface area (Å²) in [4.78, 5) is 14.0. The summed E-state index contributed by atoms with van der Waals surface area (Å²) in [7, 11) is 2.04. The third-order valence-electron chi connectivity index (χ3n) is 3.97. The summed E-state index contributed by atoms with van der Waals surface area (Å²) in [6.07, 6.45) is 4.59. The number of alkyl halides is 2. The molecule has 0 unspecified atom stereocenters. The molecule has 1 amide bonds. The zero-order valence-corrected chi connectivity index (χ0v) is 15.3. The number of carbonyl (C=O) groups excluding carboxylic acids is 1. The molecule has 0 saturated heterocycles. The monoisotopic (exact) mass is 374 g/mol. The molecule has 0 aromatic heterocycles. The number of rotatable bonds is 10. The van der Waals surface area contributed by atoms with Crippen LogP contribution in [-0.2, 0) is 4.79 Å². The Kier molecular flexibility index (Phi) is 8.29. The van der Waals surface area contributed by atoms with Gasteiger partial charge in [0.05, 0.1) is 0 Å². The maximum absolute atomic E-state index is 12.4. The van der Waals surface area contributed by atoms with Crippen LogP contribution in [0.1, 0.15) is 18.4 Å². The van der Waals surface area contributed by atoms with Gasteiger partial charge in [-0.3, -0.25) is 4.79 Å². The first-order valence-electron chi connectivity index (χ1n) is 8.82. The van der Waals surface area contributed by atoms with E-state index in [0.717, 1.165) is 25.1 Å². The van der Waals surface area contributed by atoms with E-state index in [-0.39, 0.29) is 11.7 Å². The van der Waals surface area contributed by atoms with E-state index in [2.05, 4.69) is 27.1 Å². The number of para-hydroxylation sites is 2.